The van der Waals surface area contributed by atoms with Crippen LogP contribution in [0.15, 0.2) is 16.7 Å². The van der Waals surface area contributed by atoms with Gasteiger partial charge >= 0.3 is 0 Å². The summed E-state index contributed by atoms with van der Waals surface area (Å²) in [6.45, 7) is 3.47. The van der Waals surface area contributed by atoms with Gasteiger partial charge in [-0.15, -0.1) is 0 Å². The zero-order chi connectivity index (χ0) is 14.2. The summed E-state index contributed by atoms with van der Waals surface area (Å²) in [6, 6.07) is 3.36. The first-order valence-electron chi connectivity index (χ1n) is 5.86. The third kappa shape index (κ3) is 2.43. The smallest absolute Gasteiger partial charge is 0.216 e. The Morgan fingerprint density at radius 3 is 2.68 bits per heavy atom. The number of aromatic nitrogens is 1. The molecule has 0 saturated carbocycles. The van der Waals surface area contributed by atoms with Crippen molar-refractivity contribution in [3.05, 3.63) is 23.4 Å². The highest BCUT2D eigenvalue weighted by molar-refractivity contribution is 7.89. The van der Waals surface area contributed by atoms with Gasteiger partial charge in [0.25, 0.3) is 0 Å². The molecule has 2 N–H and O–H groups in total. The number of aryl methyl sites for hydroxylation is 1. The van der Waals surface area contributed by atoms with E-state index in [1.165, 1.54) is 14.0 Å². The summed E-state index contributed by atoms with van der Waals surface area (Å²) < 4.78 is 33.4. The lowest BCUT2D eigenvalue weighted by atomic mass is 10.1. The fourth-order valence-corrected chi connectivity index (χ4v) is 2.50. The summed E-state index contributed by atoms with van der Waals surface area (Å²) in [7, 11) is -2.22. The summed E-state index contributed by atoms with van der Waals surface area (Å²) in [5.74, 6) is 0.424. The maximum Gasteiger partial charge on any atom is 0.216 e. The minimum Gasteiger partial charge on any atom is -0.496 e. The number of nitrogens with zero attached hydrogens (tertiary/aromatic N) is 1. The molecule has 19 heavy (non-hydrogen) atoms. The van der Waals surface area contributed by atoms with Crippen molar-refractivity contribution in [2.75, 3.05) is 7.11 Å². The van der Waals surface area contributed by atoms with Crippen molar-refractivity contribution in [1.29, 1.82) is 0 Å². The maximum absolute atomic E-state index is 11.5. The predicted molar refractivity (Wildman–Crippen MR) is 71.5 cm³/mol. The molecule has 0 aliphatic carbocycles. The Morgan fingerprint density at radius 2 is 2.16 bits per heavy atom. The zero-order valence-electron chi connectivity index (χ0n) is 11.0. The summed E-state index contributed by atoms with van der Waals surface area (Å²) in [4.78, 5) is 0. The van der Waals surface area contributed by atoms with E-state index in [-0.39, 0.29) is 0 Å². The average molecular weight is 284 g/mol. The normalized spacial score (nSPS) is 13.7. The molecule has 1 aromatic heterocycles. The fraction of sp³-hybridized carbons (Fsp3) is 0.417. The highest BCUT2D eigenvalue weighted by atomic mass is 32.2. The molecule has 0 radical (unpaired) electrons. The molecular weight excluding hydrogens is 268 g/mol. The van der Waals surface area contributed by atoms with Crippen LogP contribution >= 0.6 is 0 Å². The van der Waals surface area contributed by atoms with E-state index >= 15 is 0 Å². The third-order valence-corrected chi connectivity index (χ3v) is 4.40. The quantitative estimate of drug-likeness (QED) is 0.922. The first-order valence-corrected chi connectivity index (χ1v) is 7.47. The first kappa shape index (κ1) is 13.8. The van der Waals surface area contributed by atoms with Gasteiger partial charge in [0.2, 0.25) is 10.0 Å². The second-order valence-corrected chi connectivity index (χ2v) is 6.19. The van der Waals surface area contributed by atoms with Crippen LogP contribution in [0.25, 0.3) is 11.0 Å². The van der Waals surface area contributed by atoms with Gasteiger partial charge in [-0.25, -0.2) is 13.6 Å². The second-order valence-electron chi connectivity index (χ2n) is 4.30. The topological polar surface area (TPSA) is 95.4 Å². The van der Waals surface area contributed by atoms with Gasteiger partial charge in [-0.2, -0.15) is 0 Å². The van der Waals surface area contributed by atoms with Gasteiger partial charge in [0.1, 0.15) is 11.0 Å². The number of hydrogen-bond donors (Lipinski definition) is 1. The van der Waals surface area contributed by atoms with Crippen LogP contribution in [0.3, 0.4) is 0 Å². The molecule has 2 aromatic rings. The van der Waals surface area contributed by atoms with E-state index in [1.54, 1.807) is 12.1 Å². The minimum absolute atomic E-state index is 0.424. The Balaban J connectivity index is 2.70. The number of hydrogen-bond acceptors (Lipinski definition) is 5. The molecule has 6 nitrogen and oxygen atoms in total. The van der Waals surface area contributed by atoms with Gasteiger partial charge in [0.15, 0.2) is 5.58 Å². The first-order chi connectivity index (χ1) is 8.88. The second kappa shape index (κ2) is 4.82. The molecular formula is C12H16N2O4S. The molecule has 0 saturated heterocycles. The summed E-state index contributed by atoms with van der Waals surface area (Å²) in [5.41, 5.74) is 1.86. The number of fused-ring (bicyclic) bond motifs is 1. The summed E-state index contributed by atoms with van der Waals surface area (Å²) in [5, 5.41) is 9.07. The van der Waals surface area contributed by atoms with E-state index in [0.717, 1.165) is 11.1 Å². The molecule has 1 atom stereocenters. The zero-order valence-corrected chi connectivity index (χ0v) is 11.8. The van der Waals surface area contributed by atoms with Gasteiger partial charge in [-0.3, -0.25) is 0 Å². The predicted octanol–water partition coefficient (Wildman–Crippen LogP) is 1.75. The van der Waals surface area contributed by atoms with Gasteiger partial charge in [0, 0.05) is 17.0 Å². The number of primary sulfonamides is 1. The van der Waals surface area contributed by atoms with E-state index in [1.807, 2.05) is 6.92 Å². The molecule has 0 amide bonds. The Kier molecular flexibility index (Phi) is 3.51. The van der Waals surface area contributed by atoms with Crippen LogP contribution in [-0.2, 0) is 16.4 Å². The van der Waals surface area contributed by atoms with Crippen molar-refractivity contribution in [2.24, 2.45) is 5.14 Å². The third-order valence-electron chi connectivity index (χ3n) is 3.16. The van der Waals surface area contributed by atoms with Gasteiger partial charge in [0.05, 0.1) is 12.8 Å². The molecule has 0 fully saturated rings. The van der Waals surface area contributed by atoms with Gasteiger partial charge in [-0.05, 0) is 19.4 Å². The van der Waals surface area contributed by atoms with Crippen molar-refractivity contribution in [2.45, 2.75) is 25.5 Å². The average Bonchev–Trinajstić information content (AvgIpc) is 2.76. The van der Waals surface area contributed by atoms with Crippen molar-refractivity contribution >= 4 is 21.0 Å². The molecule has 1 unspecified atom stereocenters. The number of rotatable bonds is 4. The van der Waals surface area contributed by atoms with Crippen LogP contribution in [0.5, 0.6) is 5.75 Å². The van der Waals surface area contributed by atoms with E-state index in [9.17, 15) is 8.42 Å². The molecule has 2 rings (SSSR count). The summed E-state index contributed by atoms with van der Waals surface area (Å²) >= 11 is 0. The Bertz CT molecular complexity index is 706. The van der Waals surface area contributed by atoms with Gasteiger partial charge < -0.3 is 9.26 Å². The molecule has 104 valence electrons. The van der Waals surface area contributed by atoms with Crippen molar-refractivity contribution < 1.29 is 17.7 Å². The standard InChI is InChI=1S/C12H16N2O4S/c1-4-10-9-5-8(7(2)19(13,15)16)11(17-3)6-12(9)18-14-10/h5-7H,4H2,1-3H3,(H2,13,15,16). The summed E-state index contributed by atoms with van der Waals surface area (Å²) in [6.07, 6.45) is 0.697. The molecule has 0 bridgehead atoms. The van der Waals surface area contributed by atoms with E-state index in [0.29, 0.717) is 23.3 Å². The van der Waals surface area contributed by atoms with E-state index in [2.05, 4.69) is 5.16 Å². The molecule has 0 aliphatic rings. The SMILES string of the molecule is CCc1noc2cc(OC)c(C(C)S(N)(=O)=O)cc12. The van der Waals surface area contributed by atoms with Crippen LogP contribution < -0.4 is 9.88 Å². The fourth-order valence-electron chi connectivity index (χ4n) is 1.96. The monoisotopic (exact) mass is 284 g/mol. The van der Waals surface area contributed by atoms with Crippen molar-refractivity contribution in [1.82, 2.24) is 5.16 Å². The molecule has 7 heteroatoms. The lowest BCUT2D eigenvalue weighted by molar-refractivity contribution is 0.406. The minimum atomic E-state index is -3.69. The lowest BCUT2D eigenvalue weighted by Gasteiger charge is -2.13. The highest BCUT2D eigenvalue weighted by Gasteiger charge is 2.24. The number of nitrogens with two attached hydrogens (primary N) is 1. The van der Waals surface area contributed by atoms with Crippen LogP contribution in [0, 0.1) is 0 Å². The highest BCUT2D eigenvalue weighted by Crippen LogP contribution is 2.34. The molecule has 0 spiro atoms. The number of methoxy groups -OCH3 is 1. The van der Waals surface area contributed by atoms with E-state index < -0.39 is 15.3 Å². The Hall–Kier alpha value is -1.60. The molecule has 0 aliphatic heterocycles. The Morgan fingerprint density at radius 1 is 1.47 bits per heavy atom. The lowest BCUT2D eigenvalue weighted by Crippen LogP contribution is -2.19. The van der Waals surface area contributed by atoms with Crippen molar-refractivity contribution in [3.63, 3.8) is 0 Å². The molecule has 1 heterocycles. The molecule has 1 aromatic carbocycles. The van der Waals surface area contributed by atoms with Gasteiger partial charge in [-0.1, -0.05) is 12.1 Å². The van der Waals surface area contributed by atoms with Crippen LogP contribution in [0.4, 0.5) is 0 Å². The van der Waals surface area contributed by atoms with E-state index in [4.69, 9.17) is 14.4 Å². The van der Waals surface area contributed by atoms with Crippen LogP contribution in [0.2, 0.25) is 0 Å². The Labute approximate surface area is 111 Å². The number of sulfonamides is 1. The largest absolute Gasteiger partial charge is 0.496 e. The van der Waals surface area contributed by atoms with Crippen molar-refractivity contribution in [3.8, 4) is 5.75 Å². The maximum atomic E-state index is 11.5. The number of benzene rings is 1. The van der Waals surface area contributed by atoms with Crippen LogP contribution in [-0.4, -0.2) is 20.7 Å². The number of ether oxygens (including phenoxy) is 1. The van der Waals surface area contributed by atoms with Crippen LogP contribution in [0.1, 0.15) is 30.4 Å².